The molecule has 1 fully saturated rings. The Kier molecular flexibility index (Phi) is 4.45. The van der Waals surface area contributed by atoms with E-state index in [9.17, 15) is 4.79 Å². The lowest BCUT2D eigenvalue weighted by atomic mass is 9.77. The number of carbonyl (C=O) groups is 1. The molecule has 3 aliphatic rings. The number of hydrogen-bond donors (Lipinski definition) is 1. The summed E-state index contributed by atoms with van der Waals surface area (Å²) < 4.78 is 0. The molecule has 5 rings (SSSR count). The molecule has 6 nitrogen and oxygen atoms in total. The number of fused-ring (bicyclic) bond motifs is 3. The number of hydrogen-bond acceptors (Lipinski definition) is 5. The van der Waals surface area contributed by atoms with Crippen LogP contribution in [-0.2, 0) is 18.3 Å². The molecule has 0 radical (unpaired) electrons. The molecule has 1 saturated heterocycles. The standard InChI is InChI=1S/C23H29N5O/c1-27(2)22-25-14-17-9-11-23(20(17)26-22)10-5-13-28(15-23)21(29)18-8-3-6-16-7-4-12-24-19(16)18/h3,6,8,14,24H,4-5,7,9-13,15H2,1-2H3. The van der Waals surface area contributed by atoms with Gasteiger partial charge in [0.05, 0.1) is 16.9 Å². The predicted octanol–water partition coefficient (Wildman–Crippen LogP) is 3.02. The second kappa shape index (κ2) is 7.01. The van der Waals surface area contributed by atoms with Crippen molar-refractivity contribution >= 4 is 17.5 Å². The van der Waals surface area contributed by atoms with Crippen molar-refractivity contribution in [2.24, 2.45) is 0 Å². The van der Waals surface area contributed by atoms with Gasteiger partial charge in [-0.2, -0.15) is 0 Å². The Labute approximate surface area is 172 Å². The first-order valence-corrected chi connectivity index (χ1v) is 10.8. The van der Waals surface area contributed by atoms with E-state index in [2.05, 4.69) is 21.3 Å². The zero-order valence-corrected chi connectivity index (χ0v) is 17.4. The number of amides is 1. The normalized spacial score (nSPS) is 22.8. The summed E-state index contributed by atoms with van der Waals surface area (Å²) in [5, 5.41) is 3.47. The van der Waals surface area contributed by atoms with E-state index < -0.39 is 0 Å². The third-order valence-corrected chi connectivity index (χ3v) is 6.80. The summed E-state index contributed by atoms with van der Waals surface area (Å²) >= 11 is 0. The predicted molar refractivity (Wildman–Crippen MR) is 115 cm³/mol. The topological polar surface area (TPSA) is 61.4 Å². The fourth-order valence-electron chi connectivity index (χ4n) is 5.31. The van der Waals surface area contributed by atoms with Crippen LogP contribution in [-0.4, -0.2) is 54.5 Å². The summed E-state index contributed by atoms with van der Waals surface area (Å²) in [4.78, 5) is 27.0. The highest BCUT2D eigenvalue weighted by Crippen LogP contribution is 2.44. The fraction of sp³-hybridized carbons (Fsp3) is 0.522. The number of anilines is 2. The second-order valence-corrected chi connectivity index (χ2v) is 8.92. The molecule has 2 aliphatic heterocycles. The lowest BCUT2D eigenvalue weighted by Gasteiger charge is -2.41. The Hall–Kier alpha value is -2.63. The van der Waals surface area contributed by atoms with Gasteiger partial charge in [-0.25, -0.2) is 9.97 Å². The molecule has 2 aromatic rings. The van der Waals surface area contributed by atoms with Gasteiger partial charge < -0.3 is 15.1 Å². The zero-order valence-electron chi connectivity index (χ0n) is 17.4. The first-order chi connectivity index (χ1) is 14.1. The average Bonchev–Trinajstić information content (AvgIpc) is 3.10. The molecule has 1 aliphatic carbocycles. The minimum Gasteiger partial charge on any atom is -0.384 e. The molecule has 1 unspecified atom stereocenters. The van der Waals surface area contributed by atoms with E-state index in [1.54, 1.807) is 0 Å². The number of likely N-dealkylation sites (tertiary alicyclic amines) is 1. The summed E-state index contributed by atoms with van der Waals surface area (Å²) in [6.45, 7) is 2.52. The highest BCUT2D eigenvalue weighted by Gasteiger charge is 2.45. The summed E-state index contributed by atoms with van der Waals surface area (Å²) in [5.74, 6) is 0.917. The number of aromatic nitrogens is 2. The maximum Gasteiger partial charge on any atom is 0.255 e. The van der Waals surface area contributed by atoms with Crippen LogP contribution in [0.15, 0.2) is 24.4 Å². The molecule has 1 aromatic carbocycles. The van der Waals surface area contributed by atoms with Crippen LogP contribution in [0.25, 0.3) is 0 Å². The average molecular weight is 392 g/mol. The third kappa shape index (κ3) is 3.05. The number of nitrogens with zero attached hydrogens (tertiary/aromatic N) is 4. The minimum atomic E-state index is -0.0286. The van der Waals surface area contributed by atoms with Crippen molar-refractivity contribution < 1.29 is 4.79 Å². The molecular weight excluding hydrogens is 362 g/mol. The van der Waals surface area contributed by atoms with E-state index in [1.165, 1.54) is 16.8 Å². The highest BCUT2D eigenvalue weighted by atomic mass is 16.2. The molecule has 3 heterocycles. The van der Waals surface area contributed by atoms with Crippen molar-refractivity contribution in [1.82, 2.24) is 14.9 Å². The minimum absolute atomic E-state index is 0.0286. The van der Waals surface area contributed by atoms with Gasteiger partial charge in [0.2, 0.25) is 5.95 Å². The van der Waals surface area contributed by atoms with Crippen LogP contribution < -0.4 is 10.2 Å². The van der Waals surface area contributed by atoms with E-state index in [-0.39, 0.29) is 11.3 Å². The van der Waals surface area contributed by atoms with Crippen molar-refractivity contribution in [2.75, 3.05) is 43.9 Å². The Bertz CT molecular complexity index is 952. The van der Waals surface area contributed by atoms with Crippen molar-refractivity contribution in [2.45, 2.75) is 43.9 Å². The van der Waals surface area contributed by atoms with Crippen LogP contribution in [0.5, 0.6) is 0 Å². The van der Waals surface area contributed by atoms with Crippen molar-refractivity contribution in [3.05, 3.63) is 46.8 Å². The maximum atomic E-state index is 13.5. The Balaban J connectivity index is 1.46. The van der Waals surface area contributed by atoms with Crippen LogP contribution in [0.3, 0.4) is 0 Å². The van der Waals surface area contributed by atoms with E-state index in [4.69, 9.17) is 4.98 Å². The van der Waals surface area contributed by atoms with Gasteiger partial charge in [-0.05, 0) is 55.7 Å². The molecule has 0 saturated carbocycles. The number of nitrogens with one attached hydrogen (secondary N) is 1. The Morgan fingerprint density at radius 3 is 2.93 bits per heavy atom. The number of piperidine rings is 1. The van der Waals surface area contributed by atoms with Crippen molar-refractivity contribution in [3.8, 4) is 0 Å². The van der Waals surface area contributed by atoms with Gasteiger partial charge in [-0.3, -0.25) is 4.79 Å². The van der Waals surface area contributed by atoms with Gasteiger partial charge in [-0.1, -0.05) is 12.1 Å². The number of carbonyl (C=O) groups excluding carboxylic acids is 1. The van der Waals surface area contributed by atoms with Crippen LogP contribution in [0.2, 0.25) is 0 Å². The summed E-state index contributed by atoms with van der Waals surface area (Å²) in [6.07, 6.45) is 8.35. The number of aryl methyl sites for hydroxylation is 2. The fourth-order valence-corrected chi connectivity index (χ4v) is 5.31. The first-order valence-electron chi connectivity index (χ1n) is 10.8. The third-order valence-electron chi connectivity index (χ3n) is 6.80. The number of rotatable bonds is 2. The van der Waals surface area contributed by atoms with Crippen molar-refractivity contribution in [1.29, 1.82) is 0 Å². The monoisotopic (exact) mass is 391 g/mol. The first kappa shape index (κ1) is 18.4. The molecule has 1 amide bonds. The van der Waals surface area contributed by atoms with E-state index in [1.807, 2.05) is 37.3 Å². The van der Waals surface area contributed by atoms with Crippen LogP contribution in [0.1, 0.15) is 52.9 Å². The van der Waals surface area contributed by atoms with E-state index >= 15 is 0 Å². The number of benzene rings is 1. The van der Waals surface area contributed by atoms with E-state index in [0.717, 1.165) is 75.4 Å². The molecule has 0 bridgehead atoms. The molecular formula is C23H29N5O. The molecule has 29 heavy (non-hydrogen) atoms. The van der Waals surface area contributed by atoms with E-state index in [0.29, 0.717) is 0 Å². The van der Waals surface area contributed by atoms with Gasteiger partial charge in [0.25, 0.3) is 5.91 Å². The molecule has 6 heteroatoms. The molecule has 1 N–H and O–H groups in total. The molecule has 1 atom stereocenters. The van der Waals surface area contributed by atoms with Crippen LogP contribution >= 0.6 is 0 Å². The lowest BCUT2D eigenvalue weighted by Crippen LogP contribution is -2.48. The van der Waals surface area contributed by atoms with Crippen LogP contribution in [0.4, 0.5) is 11.6 Å². The maximum absolute atomic E-state index is 13.5. The summed E-state index contributed by atoms with van der Waals surface area (Å²) in [6, 6.07) is 6.15. The van der Waals surface area contributed by atoms with Crippen LogP contribution in [0, 0.1) is 0 Å². The van der Waals surface area contributed by atoms with Gasteiger partial charge in [0, 0.05) is 45.3 Å². The smallest absolute Gasteiger partial charge is 0.255 e. The summed E-state index contributed by atoms with van der Waals surface area (Å²) in [7, 11) is 3.96. The molecule has 1 spiro atoms. The summed E-state index contributed by atoms with van der Waals surface area (Å²) in [5.41, 5.74) is 5.54. The van der Waals surface area contributed by atoms with Gasteiger partial charge in [0.1, 0.15) is 0 Å². The molecule has 1 aromatic heterocycles. The van der Waals surface area contributed by atoms with Gasteiger partial charge in [-0.15, -0.1) is 0 Å². The largest absolute Gasteiger partial charge is 0.384 e. The Morgan fingerprint density at radius 2 is 2.07 bits per heavy atom. The highest BCUT2D eigenvalue weighted by molar-refractivity contribution is 6.00. The van der Waals surface area contributed by atoms with Gasteiger partial charge in [0.15, 0.2) is 0 Å². The second-order valence-electron chi connectivity index (χ2n) is 8.92. The zero-order chi connectivity index (χ0) is 20.0. The lowest BCUT2D eigenvalue weighted by molar-refractivity contribution is 0.0634. The van der Waals surface area contributed by atoms with Crippen molar-refractivity contribution in [3.63, 3.8) is 0 Å². The number of para-hydroxylation sites is 1. The quantitative estimate of drug-likeness (QED) is 0.853. The SMILES string of the molecule is CN(C)c1ncc2c(n1)C1(CCCN(C(=O)c3cccc4c3NCCC4)C1)CC2. The van der Waals surface area contributed by atoms with Gasteiger partial charge >= 0.3 is 0 Å². The molecule has 152 valence electrons. The Morgan fingerprint density at radius 1 is 1.17 bits per heavy atom.